The van der Waals surface area contributed by atoms with Gasteiger partial charge in [0.1, 0.15) is 5.75 Å². The summed E-state index contributed by atoms with van der Waals surface area (Å²) in [6.07, 6.45) is 0. The maximum atomic E-state index is 13.6. The van der Waals surface area contributed by atoms with E-state index in [1.165, 1.54) is 19.1 Å². The average molecular weight is 395 g/mol. The normalized spacial score (nSPS) is 11.8. The standard InChI is InChI=1S/C19H20F3N3O3/c1-11(19(27)23-12-5-4-6-13(9-12)28-3)25(2)10-16(26)24-15-8-7-14(20)17(21)18(15)22/h4-9,11H,10H2,1-3H3,(H,23,27)(H,24,26)/t11-/m0/s1. The van der Waals surface area contributed by atoms with Gasteiger partial charge in [-0.1, -0.05) is 6.07 Å². The van der Waals surface area contributed by atoms with E-state index in [0.29, 0.717) is 17.5 Å². The highest BCUT2D eigenvalue weighted by Gasteiger charge is 2.22. The number of methoxy groups -OCH3 is 1. The van der Waals surface area contributed by atoms with Crippen molar-refractivity contribution in [2.45, 2.75) is 13.0 Å². The minimum atomic E-state index is -1.67. The predicted octanol–water partition coefficient (Wildman–Crippen LogP) is 3.01. The van der Waals surface area contributed by atoms with Crippen molar-refractivity contribution >= 4 is 23.2 Å². The lowest BCUT2D eigenvalue weighted by Gasteiger charge is -2.23. The lowest BCUT2D eigenvalue weighted by Crippen LogP contribution is -2.43. The Kier molecular flexibility index (Phi) is 7.00. The fourth-order valence-electron chi connectivity index (χ4n) is 2.32. The number of rotatable bonds is 7. The van der Waals surface area contributed by atoms with Crippen molar-refractivity contribution < 1.29 is 27.5 Å². The van der Waals surface area contributed by atoms with E-state index in [4.69, 9.17) is 4.74 Å². The van der Waals surface area contributed by atoms with Gasteiger partial charge in [0, 0.05) is 11.8 Å². The van der Waals surface area contributed by atoms with Gasteiger partial charge in [0.15, 0.2) is 17.5 Å². The van der Waals surface area contributed by atoms with Crippen molar-refractivity contribution in [1.29, 1.82) is 0 Å². The van der Waals surface area contributed by atoms with E-state index in [0.717, 1.165) is 6.07 Å². The third-order valence-corrected chi connectivity index (χ3v) is 4.08. The fraction of sp³-hybridized carbons (Fsp3) is 0.263. The number of nitrogens with one attached hydrogen (secondary N) is 2. The summed E-state index contributed by atoms with van der Waals surface area (Å²) in [5.74, 6) is -4.99. The van der Waals surface area contributed by atoms with Gasteiger partial charge in [-0.2, -0.15) is 0 Å². The Hall–Kier alpha value is -3.07. The van der Waals surface area contributed by atoms with Crippen LogP contribution in [0.25, 0.3) is 0 Å². The minimum Gasteiger partial charge on any atom is -0.497 e. The van der Waals surface area contributed by atoms with Gasteiger partial charge in [-0.15, -0.1) is 0 Å². The van der Waals surface area contributed by atoms with Crippen molar-refractivity contribution in [1.82, 2.24) is 4.90 Å². The number of benzene rings is 2. The van der Waals surface area contributed by atoms with Crippen LogP contribution in [-0.4, -0.2) is 43.5 Å². The molecule has 2 aromatic rings. The van der Waals surface area contributed by atoms with Gasteiger partial charge in [0.25, 0.3) is 0 Å². The molecule has 0 fully saturated rings. The second-order valence-electron chi connectivity index (χ2n) is 6.08. The summed E-state index contributed by atoms with van der Waals surface area (Å²) in [4.78, 5) is 25.8. The molecule has 1 atom stereocenters. The van der Waals surface area contributed by atoms with Gasteiger partial charge >= 0.3 is 0 Å². The largest absolute Gasteiger partial charge is 0.497 e. The first-order chi connectivity index (χ1) is 13.2. The number of nitrogens with zero attached hydrogens (tertiary/aromatic N) is 1. The molecular weight excluding hydrogens is 375 g/mol. The summed E-state index contributed by atoms with van der Waals surface area (Å²) < 4.78 is 44.9. The zero-order valence-electron chi connectivity index (χ0n) is 15.6. The molecule has 0 bridgehead atoms. The average Bonchev–Trinajstić information content (AvgIpc) is 2.67. The molecule has 0 saturated carbocycles. The van der Waals surface area contributed by atoms with Crippen LogP contribution in [0.1, 0.15) is 6.92 Å². The minimum absolute atomic E-state index is 0.273. The number of ether oxygens (including phenoxy) is 1. The third-order valence-electron chi connectivity index (χ3n) is 4.08. The predicted molar refractivity (Wildman–Crippen MR) is 98.7 cm³/mol. The highest BCUT2D eigenvalue weighted by molar-refractivity contribution is 5.96. The Morgan fingerprint density at radius 2 is 1.82 bits per heavy atom. The van der Waals surface area contributed by atoms with E-state index in [-0.39, 0.29) is 12.5 Å². The summed E-state index contributed by atoms with van der Waals surface area (Å²) in [6, 6.07) is 7.70. The lowest BCUT2D eigenvalue weighted by atomic mass is 10.2. The van der Waals surface area contributed by atoms with Crippen molar-refractivity contribution in [3.63, 3.8) is 0 Å². The molecule has 150 valence electrons. The van der Waals surface area contributed by atoms with Crippen molar-refractivity contribution in [2.75, 3.05) is 31.3 Å². The molecule has 2 rings (SSSR count). The number of halogens is 3. The van der Waals surface area contributed by atoms with Crippen molar-refractivity contribution in [2.24, 2.45) is 0 Å². The number of hydrogen-bond acceptors (Lipinski definition) is 4. The molecule has 0 radical (unpaired) electrons. The molecule has 0 unspecified atom stereocenters. The van der Waals surface area contributed by atoms with Crippen LogP contribution in [0.3, 0.4) is 0 Å². The van der Waals surface area contributed by atoms with Gasteiger partial charge in [0.2, 0.25) is 11.8 Å². The van der Waals surface area contributed by atoms with E-state index in [1.807, 2.05) is 0 Å². The molecule has 0 aliphatic carbocycles. The van der Waals surface area contributed by atoms with E-state index in [2.05, 4.69) is 10.6 Å². The number of anilines is 2. The van der Waals surface area contributed by atoms with Crippen LogP contribution < -0.4 is 15.4 Å². The van der Waals surface area contributed by atoms with E-state index < -0.39 is 35.1 Å². The van der Waals surface area contributed by atoms with Crippen LogP contribution in [0.15, 0.2) is 36.4 Å². The van der Waals surface area contributed by atoms with Gasteiger partial charge in [-0.05, 0) is 38.2 Å². The quantitative estimate of drug-likeness (QED) is 0.707. The van der Waals surface area contributed by atoms with Crippen molar-refractivity contribution in [3.8, 4) is 5.75 Å². The first-order valence-corrected chi connectivity index (χ1v) is 8.31. The molecule has 9 heteroatoms. The van der Waals surface area contributed by atoms with Crippen molar-refractivity contribution in [3.05, 3.63) is 53.8 Å². The molecular formula is C19H20F3N3O3. The number of hydrogen-bond donors (Lipinski definition) is 2. The monoisotopic (exact) mass is 395 g/mol. The fourth-order valence-corrected chi connectivity index (χ4v) is 2.32. The summed E-state index contributed by atoms with van der Waals surface area (Å²) in [5, 5.41) is 4.86. The molecule has 0 heterocycles. The highest BCUT2D eigenvalue weighted by atomic mass is 19.2. The molecule has 0 aliphatic heterocycles. The Balaban J connectivity index is 1.95. The number of amides is 2. The van der Waals surface area contributed by atoms with Crippen LogP contribution in [0.4, 0.5) is 24.5 Å². The second kappa shape index (κ2) is 9.23. The third kappa shape index (κ3) is 5.23. The number of carbonyl (C=O) groups is 2. The molecule has 6 nitrogen and oxygen atoms in total. The van der Waals surface area contributed by atoms with Gasteiger partial charge in [0.05, 0.1) is 25.4 Å². The molecule has 2 N–H and O–H groups in total. The van der Waals surface area contributed by atoms with E-state index in [9.17, 15) is 22.8 Å². The molecule has 0 spiro atoms. The second-order valence-corrected chi connectivity index (χ2v) is 6.08. The summed E-state index contributed by atoms with van der Waals surface area (Å²) in [6.45, 7) is 1.31. The molecule has 0 aromatic heterocycles. The lowest BCUT2D eigenvalue weighted by molar-refractivity contribution is -0.122. The highest BCUT2D eigenvalue weighted by Crippen LogP contribution is 2.20. The summed E-state index contributed by atoms with van der Waals surface area (Å²) in [5.41, 5.74) is 0.0451. The van der Waals surface area contributed by atoms with E-state index in [1.54, 1.807) is 31.2 Å². The topological polar surface area (TPSA) is 70.7 Å². The van der Waals surface area contributed by atoms with Crippen LogP contribution in [0.5, 0.6) is 5.75 Å². The number of carbonyl (C=O) groups excluding carboxylic acids is 2. The van der Waals surface area contributed by atoms with Crippen LogP contribution in [0, 0.1) is 17.5 Å². The Morgan fingerprint density at radius 3 is 2.50 bits per heavy atom. The molecule has 2 aromatic carbocycles. The van der Waals surface area contributed by atoms with Gasteiger partial charge < -0.3 is 15.4 Å². The SMILES string of the molecule is COc1cccc(NC(=O)[C@H](C)N(C)CC(=O)Nc2ccc(F)c(F)c2F)c1. The molecule has 28 heavy (non-hydrogen) atoms. The van der Waals surface area contributed by atoms with Crippen LogP contribution >= 0.6 is 0 Å². The zero-order valence-corrected chi connectivity index (χ0v) is 15.6. The first-order valence-electron chi connectivity index (χ1n) is 8.31. The smallest absolute Gasteiger partial charge is 0.241 e. The maximum Gasteiger partial charge on any atom is 0.241 e. The molecule has 0 saturated heterocycles. The van der Waals surface area contributed by atoms with Gasteiger partial charge in [-0.3, -0.25) is 14.5 Å². The zero-order chi connectivity index (χ0) is 20.8. The summed E-state index contributed by atoms with van der Waals surface area (Å²) in [7, 11) is 3.03. The Bertz CT molecular complexity index is 877. The van der Waals surface area contributed by atoms with E-state index >= 15 is 0 Å². The molecule has 0 aliphatic rings. The Labute approximate surface area is 160 Å². The summed E-state index contributed by atoms with van der Waals surface area (Å²) >= 11 is 0. The molecule has 2 amide bonds. The van der Waals surface area contributed by atoms with Gasteiger partial charge in [-0.25, -0.2) is 13.2 Å². The Morgan fingerprint density at radius 1 is 1.11 bits per heavy atom. The van der Waals surface area contributed by atoms with Crippen LogP contribution in [-0.2, 0) is 9.59 Å². The van der Waals surface area contributed by atoms with Crippen LogP contribution in [0.2, 0.25) is 0 Å². The number of likely N-dealkylation sites (N-methyl/N-ethyl adjacent to an activating group) is 1. The maximum absolute atomic E-state index is 13.6. The first kappa shape index (κ1) is 21.2.